The van der Waals surface area contributed by atoms with Gasteiger partial charge in [-0.15, -0.1) is 0 Å². The Hall–Kier alpha value is -4.66. The third-order valence-corrected chi connectivity index (χ3v) is 7.90. The molecule has 2 atom stereocenters. The average Bonchev–Trinajstić information content (AvgIpc) is 3.36. The summed E-state index contributed by atoms with van der Waals surface area (Å²) in [6, 6.07) is 18.0. The molecule has 0 saturated carbocycles. The lowest BCUT2D eigenvalue weighted by Crippen LogP contribution is -2.62. The van der Waals surface area contributed by atoms with Gasteiger partial charge in [0.2, 0.25) is 17.6 Å². The van der Waals surface area contributed by atoms with Gasteiger partial charge in [0.1, 0.15) is 18.3 Å². The fourth-order valence-electron chi connectivity index (χ4n) is 6.10. The van der Waals surface area contributed by atoms with E-state index in [2.05, 4.69) is 4.98 Å². The first-order valence-electron chi connectivity index (χ1n) is 13.1. The predicted octanol–water partition coefficient (Wildman–Crippen LogP) is 4.09. The van der Waals surface area contributed by atoms with Crippen LogP contribution in [0.2, 0.25) is 0 Å². The van der Waals surface area contributed by atoms with Crippen LogP contribution in [0.25, 0.3) is 10.9 Å². The average molecular weight is 542 g/mol. The minimum atomic E-state index is -0.674. The highest BCUT2D eigenvalue weighted by molar-refractivity contribution is 5.97. The highest BCUT2D eigenvalue weighted by atomic mass is 16.5. The molecule has 1 N–H and O–H groups in total. The number of hydrogen-bond acceptors (Lipinski definition) is 6. The number of benzene rings is 3. The number of fused-ring (bicyclic) bond motifs is 4. The van der Waals surface area contributed by atoms with Gasteiger partial charge in [0.05, 0.1) is 34.5 Å². The van der Waals surface area contributed by atoms with Gasteiger partial charge in [-0.1, -0.05) is 36.4 Å². The highest BCUT2D eigenvalue weighted by Gasteiger charge is 2.48. The van der Waals surface area contributed by atoms with E-state index in [-0.39, 0.29) is 24.9 Å². The minimum absolute atomic E-state index is 0.0378. The Bertz CT molecular complexity index is 1590. The van der Waals surface area contributed by atoms with Crippen molar-refractivity contribution in [3.8, 4) is 23.0 Å². The second-order valence-electron chi connectivity index (χ2n) is 9.95. The summed E-state index contributed by atoms with van der Waals surface area (Å²) in [6.07, 6.45) is 0.410. The van der Waals surface area contributed by atoms with E-state index in [4.69, 9.17) is 18.9 Å². The lowest BCUT2D eigenvalue weighted by Gasteiger charge is -2.47. The molecule has 1 fully saturated rings. The van der Waals surface area contributed by atoms with Crippen LogP contribution in [0, 0.1) is 0 Å². The number of amides is 2. The number of carbonyl (C=O) groups excluding carboxylic acids is 2. The standard InChI is InChI=1S/C31H31N3O6/c1-37-24-12-8-5-9-18(24)16-33-17-27(35)34-23(31(33)36)15-21-20-10-6-7-11-22(20)32-28(21)29(34)19-13-25(38-2)30(40-4)26(14-19)39-3/h5-14,23,29,32H,15-17H2,1-4H3/t23-,29-/m1/s1. The smallest absolute Gasteiger partial charge is 0.246 e. The number of methoxy groups -OCH3 is 4. The highest BCUT2D eigenvalue weighted by Crippen LogP contribution is 2.47. The fourth-order valence-corrected chi connectivity index (χ4v) is 6.10. The van der Waals surface area contributed by atoms with Crippen molar-refractivity contribution in [2.24, 2.45) is 0 Å². The zero-order valence-corrected chi connectivity index (χ0v) is 22.9. The first-order valence-corrected chi connectivity index (χ1v) is 13.1. The molecule has 3 heterocycles. The van der Waals surface area contributed by atoms with E-state index in [0.29, 0.717) is 29.4 Å². The van der Waals surface area contributed by atoms with Crippen LogP contribution in [-0.2, 0) is 22.6 Å². The molecular weight excluding hydrogens is 510 g/mol. The van der Waals surface area contributed by atoms with Gasteiger partial charge >= 0.3 is 0 Å². The lowest BCUT2D eigenvalue weighted by atomic mass is 9.86. The molecule has 4 aromatic rings. The molecule has 0 unspecified atom stereocenters. The second-order valence-corrected chi connectivity index (χ2v) is 9.95. The SMILES string of the molecule is COc1ccccc1CN1CC(=O)N2[C@H](c3cc(OC)c(OC)c(OC)c3)c3[nH]c4ccccc4c3C[C@@H]2C1=O. The molecule has 40 heavy (non-hydrogen) atoms. The number of H-pyrrole nitrogens is 1. The molecule has 0 radical (unpaired) electrons. The minimum Gasteiger partial charge on any atom is -0.496 e. The van der Waals surface area contributed by atoms with Crippen LogP contribution in [-0.4, -0.2) is 67.6 Å². The molecule has 9 heteroatoms. The van der Waals surface area contributed by atoms with Crippen LogP contribution in [0.5, 0.6) is 23.0 Å². The van der Waals surface area contributed by atoms with E-state index in [1.807, 2.05) is 60.7 Å². The van der Waals surface area contributed by atoms with Crippen molar-refractivity contribution in [3.63, 3.8) is 0 Å². The molecule has 3 aromatic carbocycles. The van der Waals surface area contributed by atoms with Crippen molar-refractivity contribution in [1.82, 2.24) is 14.8 Å². The summed E-state index contributed by atoms with van der Waals surface area (Å²) in [6.45, 7) is 0.248. The number of rotatable bonds is 7. The Kier molecular flexibility index (Phi) is 6.50. The number of hydrogen-bond donors (Lipinski definition) is 1. The molecule has 2 amide bonds. The maximum absolute atomic E-state index is 14.1. The van der Waals surface area contributed by atoms with Gasteiger partial charge in [-0.2, -0.15) is 0 Å². The number of para-hydroxylation sites is 2. The number of ether oxygens (including phenoxy) is 4. The van der Waals surface area contributed by atoms with Gasteiger partial charge in [0.25, 0.3) is 0 Å². The number of nitrogens with zero attached hydrogens (tertiary/aromatic N) is 2. The quantitative estimate of drug-likeness (QED) is 0.379. The summed E-state index contributed by atoms with van der Waals surface area (Å²) in [7, 11) is 6.27. The Morgan fingerprint density at radius 2 is 1.52 bits per heavy atom. The first kappa shape index (κ1) is 25.6. The molecule has 2 aliphatic heterocycles. The topological polar surface area (TPSA) is 93.3 Å². The second kappa shape index (κ2) is 10.1. The zero-order chi connectivity index (χ0) is 28.0. The summed E-state index contributed by atoms with van der Waals surface area (Å²) in [5.74, 6) is 1.86. The van der Waals surface area contributed by atoms with Gasteiger partial charge in [-0.3, -0.25) is 9.59 Å². The Morgan fingerprint density at radius 1 is 0.850 bits per heavy atom. The molecule has 0 bridgehead atoms. The Labute approximate surface area is 232 Å². The molecule has 2 aliphatic rings. The molecule has 0 aliphatic carbocycles. The van der Waals surface area contributed by atoms with Crippen LogP contribution >= 0.6 is 0 Å². The van der Waals surface area contributed by atoms with E-state index >= 15 is 0 Å². The number of carbonyl (C=O) groups is 2. The Morgan fingerprint density at radius 3 is 2.23 bits per heavy atom. The summed E-state index contributed by atoms with van der Waals surface area (Å²) < 4.78 is 22.3. The normalized spacial score (nSPS) is 18.4. The summed E-state index contributed by atoms with van der Waals surface area (Å²) in [4.78, 5) is 35.0. The maximum Gasteiger partial charge on any atom is 0.246 e. The van der Waals surface area contributed by atoms with Gasteiger partial charge in [0.15, 0.2) is 11.5 Å². The molecule has 9 nitrogen and oxygen atoms in total. The maximum atomic E-state index is 14.1. The predicted molar refractivity (Wildman–Crippen MR) is 149 cm³/mol. The molecule has 206 valence electrons. The Balaban J connectivity index is 1.49. The van der Waals surface area contributed by atoms with Crippen LogP contribution in [0.4, 0.5) is 0 Å². The zero-order valence-electron chi connectivity index (χ0n) is 22.9. The molecular formula is C31H31N3O6. The van der Waals surface area contributed by atoms with Crippen LogP contribution in [0.1, 0.15) is 28.4 Å². The third-order valence-electron chi connectivity index (χ3n) is 7.90. The third kappa shape index (κ3) is 4.00. The lowest BCUT2D eigenvalue weighted by molar-refractivity contribution is -0.159. The largest absolute Gasteiger partial charge is 0.496 e. The summed E-state index contributed by atoms with van der Waals surface area (Å²) in [5, 5.41) is 1.04. The van der Waals surface area contributed by atoms with E-state index in [0.717, 1.165) is 33.3 Å². The van der Waals surface area contributed by atoms with E-state index < -0.39 is 12.1 Å². The van der Waals surface area contributed by atoms with Crippen molar-refractivity contribution in [3.05, 3.63) is 83.0 Å². The van der Waals surface area contributed by atoms with Crippen molar-refractivity contribution >= 4 is 22.7 Å². The number of piperazine rings is 1. The molecule has 6 rings (SSSR count). The fraction of sp³-hybridized carbons (Fsp3) is 0.290. The number of nitrogens with one attached hydrogen (secondary N) is 1. The number of aromatic amines is 1. The van der Waals surface area contributed by atoms with E-state index in [9.17, 15) is 9.59 Å². The first-order chi connectivity index (χ1) is 19.5. The van der Waals surface area contributed by atoms with Crippen molar-refractivity contribution in [2.75, 3.05) is 35.0 Å². The summed E-state index contributed by atoms with van der Waals surface area (Å²) in [5.41, 5.74) is 4.47. The van der Waals surface area contributed by atoms with Crippen LogP contribution < -0.4 is 18.9 Å². The van der Waals surface area contributed by atoms with Crippen molar-refractivity contribution in [2.45, 2.75) is 25.0 Å². The van der Waals surface area contributed by atoms with Crippen molar-refractivity contribution in [1.29, 1.82) is 0 Å². The molecule has 0 spiro atoms. The van der Waals surface area contributed by atoms with Crippen LogP contribution in [0.3, 0.4) is 0 Å². The van der Waals surface area contributed by atoms with Gasteiger partial charge in [-0.25, -0.2) is 0 Å². The molecule has 1 saturated heterocycles. The van der Waals surface area contributed by atoms with Gasteiger partial charge in [0, 0.05) is 35.1 Å². The van der Waals surface area contributed by atoms with E-state index in [1.54, 1.807) is 38.2 Å². The van der Waals surface area contributed by atoms with Crippen LogP contribution in [0.15, 0.2) is 60.7 Å². The summed E-state index contributed by atoms with van der Waals surface area (Å²) >= 11 is 0. The number of aromatic nitrogens is 1. The van der Waals surface area contributed by atoms with Gasteiger partial charge in [-0.05, 0) is 35.4 Å². The molecule has 1 aromatic heterocycles. The van der Waals surface area contributed by atoms with Crippen molar-refractivity contribution < 1.29 is 28.5 Å². The van der Waals surface area contributed by atoms with Gasteiger partial charge < -0.3 is 33.7 Å². The monoisotopic (exact) mass is 541 g/mol. The van der Waals surface area contributed by atoms with E-state index in [1.165, 1.54) is 0 Å².